The summed E-state index contributed by atoms with van der Waals surface area (Å²) in [5.74, 6) is 0.759. The van der Waals surface area contributed by atoms with Crippen molar-refractivity contribution >= 4 is 5.71 Å². The third-order valence-electron chi connectivity index (χ3n) is 2.42. The smallest absolute Gasteiger partial charge is 0.119 e. The van der Waals surface area contributed by atoms with Gasteiger partial charge in [-0.1, -0.05) is 17.3 Å². The average molecular weight is 239 g/mol. The minimum absolute atomic E-state index is 0.349. The van der Waals surface area contributed by atoms with E-state index in [1.165, 1.54) is 0 Å². The molecule has 0 bridgehead atoms. The highest BCUT2D eigenvalue weighted by Crippen LogP contribution is 2.13. The number of hydrogen-bond donors (Lipinski definition) is 1. The van der Waals surface area contributed by atoms with Crippen molar-refractivity contribution in [2.75, 3.05) is 13.3 Å². The fraction of sp³-hybridized carbons (Fsp3) is 0.462. The molecule has 0 saturated carbocycles. The Morgan fingerprint density at radius 3 is 2.65 bits per heavy atom. The molecule has 0 aliphatic carbocycles. The van der Waals surface area contributed by atoms with Crippen LogP contribution < -0.4 is 4.74 Å². The molecule has 3 nitrogen and oxygen atoms in total. The lowest BCUT2D eigenvalue weighted by Gasteiger charge is -2.06. The molecule has 0 radical (unpaired) electrons. The van der Waals surface area contributed by atoms with Crippen molar-refractivity contribution in [1.29, 1.82) is 0 Å². The second-order valence-corrected chi connectivity index (χ2v) is 3.87. The van der Waals surface area contributed by atoms with E-state index < -0.39 is 0 Å². The maximum Gasteiger partial charge on any atom is 0.119 e. The predicted octanol–water partition coefficient (Wildman–Crippen LogP) is 3.21. The second kappa shape index (κ2) is 7.65. The summed E-state index contributed by atoms with van der Waals surface area (Å²) >= 11 is 0. The third-order valence-corrected chi connectivity index (χ3v) is 2.42. The summed E-state index contributed by atoms with van der Waals surface area (Å²) < 4.78 is 17.2. The lowest BCUT2D eigenvalue weighted by atomic mass is 10.1. The Morgan fingerprint density at radius 2 is 2.06 bits per heavy atom. The summed E-state index contributed by atoms with van der Waals surface area (Å²) in [7, 11) is 0. The van der Waals surface area contributed by atoms with Crippen molar-refractivity contribution in [2.45, 2.75) is 26.2 Å². The summed E-state index contributed by atoms with van der Waals surface area (Å²) in [6.45, 7) is 1.85. The van der Waals surface area contributed by atoms with Crippen LogP contribution >= 0.6 is 0 Å². The zero-order chi connectivity index (χ0) is 12.5. The Morgan fingerprint density at radius 1 is 1.35 bits per heavy atom. The first-order chi connectivity index (χ1) is 8.26. The van der Waals surface area contributed by atoms with E-state index in [1.54, 1.807) is 6.92 Å². The lowest BCUT2D eigenvalue weighted by molar-refractivity contribution is 0.289. The Bertz CT molecular complexity index is 349. The van der Waals surface area contributed by atoms with Gasteiger partial charge in [0.2, 0.25) is 0 Å². The Hall–Kier alpha value is -1.58. The minimum atomic E-state index is -0.349. The van der Waals surface area contributed by atoms with Gasteiger partial charge in [0.05, 0.1) is 19.0 Å². The van der Waals surface area contributed by atoms with Crippen LogP contribution in [-0.2, 0) is 6.42 Å². The van der Waals surface area contributed by atoms with Gasteiger partial charge in [0, 0.05) is 6.42 Å². The molecular formula is C13H18FNO2. The van der Waals surface area contributed by atoms with Crippen LogP contribution in [0.2, 0.25) is 0 Å². The molecule has 0 saturated heterocycles. The van der Waals surface area contributed by atoms with Crippen molar-refractivity contribution < 1.29 is 14.3 Å². The number of oxime groups is 1. The summed E-state index contributed by atoms with van der Waals surface area (Å²) in [6, 6.07) is 7.68. The highest BCUT2D eigenvalue weighted by Gasteiger charge is 1.98. The molecule has 0 heterocycles. The van der Waals surface area contributed by atoms with Gasteiger partial charge in [0.15, 0.2) is 0 Å². The molecule has 1 aromatic rings. The van der Waals surface area contributed by atoms with Crippen LogP contribution in [-0.4, -0.2) is 24.2 Å². The standard InChI is InChI=1S/C13H18FNO2/c1-11(15-16)3-4-12-5-7-13(8-6-12)17-10-2-9-14/h5-8,16H,2-4,9-10H2,1H3/b15-11-. The quantitative estimate of drug-likeness (QED) is 0.343. The van der Waals surface area contributed by atoms with Gasteiger partial charge in [0.25, 0.3) is 0 Å². The first-order valence-corrected chi connectivity index (χ1v) is 5.71. The zero-order valence-corrected chi connectivity index (χ0v) is 10.0. The number of halogens is 1. The summed E-state index contributed by atoms with van der Waals surface area (Å²) in [5.41, 5.74) is 1.87. The molecule has 0 aliphatic heterocycles. The minimum Gasteiger partial charge on any atom is -0.494 e. The second-order valence-electron chi connectivity index (χ2n) is 3.87. The van der Waals surface area contributed by atoms with Crippen molar-refractivity contribution in [2.24, 2.45) is 5.16 Å². The van der Waals surface area contributed by atoms with Crippen LogP contribution in [0.3, 0.4) is 0 Å². The number of benzene rings is 1. The first-order valence-electron chi connectivity index (χ1n) is 5.71. The largest absolute Gasteiger partial charge is 0.494 e. The Balaban J connectivity index is 2.39. The topological polar surface area (TPSA) is 41.8 Å². The summed E-state index contributed by atoms with van der Waals surface area (Å²) in [5, 5.41) is 11.6. The van der Waals surface area contributed by atoms with E-state index in [-0.39, 0.29) is 6.67 Å². The number of hydrogen-bond acceptors (Lipinski definition) is 3. The van der Waals surface area contributed by atoms with Crippen molar-refractivity contribution in [3.63, 3.8) is 0 Å². The van der Waals surface area contributed by atoms with Gasteiger partial charge >= 0.3 is 0 Å². The van der Waals surface area contributed by atoms with Crippen LogP contribution in [0.4, 0.5) is 4.39 Å². The molecule has 1 aromatic carbocycles. The Kier molecular flexibility index (Phi) is 6.07. The van der Waals surface area contributed by atoms with E-state index in [2.05, 4.69) is 5.16 Å². The van der Waals surface area contributed by atoms with E-state index in [0.717, 1.165) is 24.2 Å². The predicted molar refractivity (Wildman–Crippen MR) is 65.7 cm³/mol. The molecule has 0 spiro atoms. The molecule has 94 valence electrons. The lowest BCUT2D eigenvalue weighted by Crippen LogP contribution is -1.98. The molecule has 1 N–H and O–H groups in total. The van der Waals surface area contributed by atoms with E-state index in [9.17, 15) is 4.39 Å². The highest BCUT2D eigenvalue weighted by atomic mass is 19.1. The highest BCUT2D eigenvalue weighted by molar-refractivity contribution is 5.81. The number of alkyl halides is 1. The summed E-state index contributed by atoms with van der Waals surface area (Å²) in [6.07, 6.45) is 1.99. The van der Waals surface area contributed by atoms with Crippen LogP contribution in [0.15, 0.2) is 29.4 Å². The molecular weight excluding hydrogens is 221 g/mol. The van der Waals surface area contributed by atoms with Crippen molar-refractivity contribution in [3.05, 3.63) is 29.8 Å². The maximum atomic E-state index is 11.9. The van der Waals surface area contributed by atoms with Gasteiger partial charge in [-0.3, -0.25) is 4.39 Å². The molecule has 0 aromatic heterocycles. The molecule has 0 aliphatic rings. The SMILES string of the molecule is C/C(CCc1ccc(OCCCF)cc1)=N/O. The van der Waals surface area contributed by atoms with E-state index in [4.69, 9.17) is 9.94 Å². The zero-order valence-electron chi connectivity index (χ0n) is 10.0. The number of rotatable bonds is 7. The van der Waals surface area contributed by atoms with Gasteiger partial charge in [-0.2, -0.15) is 0 Å². The summed E-state index contributed by atoms with van der Waals surface area (Å²) in [4.78, 5) is 0. The molecule has 0 amide bonds. The molecule has 17 heavy (non-hydrogen) atoms. The van der Waals surface area contributed by atoms with E-state index in [0.29, 0.717) is 18.7 Å². The van der Waals surface area contributed by atoms with Crippen molar-refractivity contribution in [3.8, 4) is 5.75 Å². The maximum absolute atomic E-state index is 11.9. The number of nitrogens with zero attached hydrogens (tertiary/aromatic N) is 1. The average Bonchev–Trinajstić information content (AvgIpc) is 2.37. The number of ether oxygens (including phenoxy) is 1. The molecule has 1 rings (SSSR count). The van der Waals surface area contributed by atoms with E-state index >= 15 is 0 Å². The van der Waals surface area contributed by atoms with Gasteiger partial charge in [-0.05, 0) is 37.5 Å². The first kappa shape index (κ1) is 13.5. The van der Waals surface area contributed by atoms with Gasteiger partial charge < -0.3 is 9.94 Å². The van der Waals surface area contributed by atoms with Crippen LogP contribution in [0.1, 0.15) is 25.3 Å². The van der Waals surface area contributed by atoms with Crippen LogP contribution in [0, 0.1) is 0 Å². The molecule has 0 fully saturated rings. The normalized spacial score (nSPS) is 11.5. The molecule has 0 unspecified atom stereocenters. The fourth-order valence-electron chi connectivity index (χ4n) is 1.37. The molecule has 0 atom stereocenters. The Labute approximate surface area is 101 Å². The van der Waals surface area contributed by atoms with Crippen LogP contribution in [0.25, 0.3) is 0 Å². The van der Waals surface area contributed by atoms with E-state index in [1.807, 2.05) is 24.3 Å². The molecule has 4 heteroatoms. The van der Waals surface area contributed by atoms with Crippen molar-refractivity contribution in [1.82, 2.24) is 0 Å². The fourth-order valence-corrected chi connectivity index (χ4v) is 1.37. The monoisotopic (exact) mass is 239 g/mol. The number of aryl methyl sites for hydroxylation is 1. The van der Waals surface area contributed by atoms with Gasteiger partial charge in [0.1, 0.15) is 5.75 Å². The third kappa shape index (κ3) is 5.33. The van der Waals surface area contributed by atoms with Crippen LogP contribution in [0.5, 0.6) is 5.75 Å². The van der Waals surface area contributed by atoms with Gasteiger partial charge in [-0.25, -0.2) is 0 Å². The van der Waals surface area contributed by atoms with Gasteiger partial charge in [-0.15, -0.1) is 0 Å².